The summed E-state index contributed by atoms with van der Waals surface area (Å²) in [6, 6.07) is 6.03. The summed E-state index contributed by atoms with van der Waals surface area (Å²) in [6.45, 7) is 0. The van der Waals surface area contributed by atoms with Crippen molar-refractivity contribution < 1.29 is 20.9 Å². The fraction of sp³-hybridized carbons (Fsp3) is 0. The van der Waals surface area contributed by atoms with Crippen molar-refractivity contribution in [3.05, 3.63) is 62.7 Å². The number of hydrogen-bond acceptors (Lipinski definition) is 3. The van der Waals surface area contributed by atoms with Crippen molar-refractivity contribution in [3.63, 3.8) is 0 Å². The first-order chi connectivity index (χ1) is 9.58. The number of aliphatic imine (C=N–C) groups is 1. The molecule has 0 amide bonds. The molecule has 9 heteroatoms. The third-order valence-corrected chi connectivity index (χ3v) is 2.05. The van der Waals surface area contributed by atoms with Gasteiger partial charge in [0.25, 0.3) is 5.56 Å². The van der Waals surface area contributed by atoms with E-state index in [-0.39, 0.29) is 11.3 Å². The van der Waals surface area contributed by atoms with Crippen molar-refractivity contribution in [3.8, 4) is 0 Å². The molecule has 5 nitrogen and oxygen atoms in total. The van der Waals surface area contributed by atoms with E-state index >= 15 is 0 Å². The molecule has 0 saturated heterocycles. The Balaban J connectivity index is 0.000000612. The molecule has 2 N–H and O–H groups in total. The van der Waals surface area contributed by atoms with Gasteiger partial charge in [0.05, 0.1) is 0 Å². The Kier molecular flexibility index (Phi) is 7.44. The Hall–Kier alpha value is -1.23. The zero-order chi connectivity index (χ0) is 15.0. The Morgan fingerprint density at radius 2 is 1.90 bits per heavy atom. The van der Waals surface area contributed by atoms with Crippen LogP contribution >= 0.6 is 18.8 Å². The molecule has 0 aliphatic carbocycles. The normalized spacial score (nSPS) is 10.3. The summed E-state index contributed by atoms with van der Waals surface area (Å²) in [5.41, 5.74) is -0.966. The van der Waals surface area contributed by atoms with E-state index in [1.165, 1.54) is 24.5 Å². The minimum absolute atomic E-state index is 0.00727. The van der Waals surface area contributed by atoms with Crippen molar-refractivity contribution in [2.24, 2.45) is 4.99 Å². The van der Waals surface area contributed by atoms with Crippen molar-refractivity contribution in [2.75, 3.05) is 0 Å². The van der Waals surface area contributed by atoms with E-state index in [0.717, 1.165) is 0 Å². The molecule has 0 radical (unpaired) electrons. The summed E-state index contributed by atoms with van der Waals surface area (Å²) in [4.78, 5) is 30.1. The van der Waals surface area contributed by atoms with E-state index in [2.05, 4.69) is 9.98 Å². The first-order valence-corrected chi connectivity index (χ1v) is 10.6. The summed E-state index contributed by atoms with van der Waals surface area (Å²) < 4.78 is 13.2. The van der Waals surface area contributed by atoms with Gasteiger partial charge in [-0.2, -0.15) is 0 Å². The van der Waals surface area contributed by atoms with Gasteiger partial charge in [0, 0.05) is 18.0 Å². The van der Waals surface area contributed by atoms with Crippen molar-refractivity contribution in [1.29, 1.82) is 0 Å². The van der Waals surface area contributed by atoms with Crippen LogP contribution in [0.15, 0.2) is 45.0 Å². The number of hydrogen-bond donors (Lipinski definition) is 2. The summed E-state index contributed by atoms with van der Waals surface area (Å²) in [5, 5.41) is 0. The van der Waals surface area contributed by atoms with Crippen LogP contribution in [-0.4, -0.2) is 16.2 Å². The third kappa shape index (κ3) is 5.41. The van der Waals surface area contributed by atoms with Gasteiger partial charge in [-0.15, -0.1) is 0 Å². The molecule has 1 aromatic carbocycles. The fourth-order valence-corrected chi connectivity index (χ4v) is 1.22. The molecule has 2 aromatic rings. The molecular weight excluding hydrogens is 491 g/mol. The topological polar surface area (TPSA) is 78.1 Å². The van der Waals surface area contributed by atoms with Gasteiger partial charge in [-0.3, -0.25) is 9.78 Å². The van der Waals surface area contributed by atoms with Crippen LogP contribution in [0, 0.1) is 5.82 Å². The van der Waals surface area contributed by atoms with Crippen molar-refractivity contribution >= 4 is 30.7 Å². The van der Waals surface area contributed by atoms with Crippen LogP contribution < -0.4 is 11.2 Å². The van der Waals surface area contributed by atoms with E-state index in [1.807, 2.05) is 4.98 Å². The molecule has 0 aliphatic rings. The average Bonchev–Trinajstić information content (AvgIpc) is 2.40. The van der Waals surface area contributed by atoms with Gasteiger partial charge in [0.15, 0.2) is 0 Å². The minimum atomic E-state index is -0.624. The van der Waals surface area contributed by atoms with Crippen molar-refractivity contribution in [1.82, 2.24) is 9.97 Å². The number of nitrogens with zero attached hydrogens (tertiary/aromatic N) is 1. The molecule has 2 rings (SSSR count). The van der Waals surface area contributed by atoms with Gasteiger partial charge in [0.1, 0.15) is 11.5 Å². The molecule has 0 atom stereocenters. The molecule has 0 spiro atoms. The standard InChI is InChI=1S/C11H8FN3O2.2ClH.Pt/c12-8-4-2-1-3-7(8)5-13-9-6-14-11(17)15-10(9)16;;;/h1-6H,(H2,14,15,16,17);2*1H;/q;;;+2/p-2. The molecule has 0 saturated carbocycles. The molecule has 1 aromatic heterocycles. The molecule has 0 aliphatic heterocycles. The van der Waals surface area contributed by atoms with Crippen LogP contribution in [0.4, 0.5) is 10.1 Å². The van der Waals surface area contributed by atoms with E-state index in [1.54, 1.807) is 12.1 Å². The summed E-state index contributed by atoms with van der Waals surface area (Å²) in [5.74, 6) is -0.433. The predicted molar refractivity (Wildman–Crippen MR) is 73.0 cm³/mol. The van der Waals surface area contributed by atoms with E-state index in [0.29, 0.717) is 0 Å². The van der Waals surface area contributed by atoms with Gasteiger partial charge >= 0.3 is 41.0 Å². The second-order valence-electron chi connectivity index (χ2n) is 3.28. The summed E-state index contributed by atoms with van der Waals surface area (Å²) >= 11 is -0.472. The van der Waals surface area contributed by atoms with Crippen LogP contribution in [0.5, 0.6) is 0 Å². The molecule has 110 valence electrons. The van der Waals surface area contributed by atoms with Gasteiger partial charge in [-0.25, -0.2) is 14.2 Å². The summed E-state index contributed by atoms with van der Waals surface area (Å²) in [7, 11) is 9.75. The summed E-state index contributed by atoms with van der Waals surface area (Å²) in [6.07, 6.45) is 2.39. The Morgan fingerprint density at radius 3 is 2.50 bits per heavy atom. The number of benzene rings is 1. The van der Waals surface area contributed by atoms with Crippen LogP contribution in [0.25, 0.3) is 0 Å². The van der Waals surface area contributed by atoms with Crippen LogP contribution in [-0.2, 0) is 16.5 Å². The molecule has 1 heterocycles. The van der Waals surface area contributed by atoms with E-state index in [4.69, 9.17) is 18.8 Å². The number of aromatic nitrogens is 2. The first kappa shape index (κ1) is 16.8. The maximum absolute atomic E-state index is 13.2. The van der Waals surface area contributed by atoms with E-state index < -0.39 is 33.5 Å². The third-order valence-electron chi connectivity index (χ3n) is 2.05. The zero-order valence-electron chi connectivity index (χ0n) is 9.68. The second-order valence-corrected chi connectivity index (χ2v) is 6.56. The second kappa shape index (κ2) is 8.84. The molecule has 0 fully saturated rings. The number of aromatic amines is 2. The number of H-pyrrole nitrogens is 2. The van der Waals surface area contributed by atoms with E-state index in [9.17, 15) is 14.0 Å². The monoisotopic (exact) mass is 498 g/mol. The van der Waals surface area contributed by atoms with Gasteiger partial charge < -0.3 is 4.98 Å². The van der Waals surface area contributed by atoms with Crippen LogP contribution in [0.2, 0.25) is 0 Å². The number of rotatable bonds is 2. The zero-order valence-corrected chi connectivity index (χ0v) is 13.5. The molecule has 20 heavy (non-hydrogen) atoms. The molecular formula is C11H8Cl2FN3O2Pt. The molecule has 0 bridgehead atoms. The Morgan fingerprint density at radius 1 is 1.25 bits per heavy atom. The first-order valence-electron chi connectivity index (χ1n) is 5.01. The average molecular weight is 499 g/mol. The van der Waals surface area contributed by atoms with Gasteiger partial charge in [-0.05, 0) is 6.07 Å². The molecule has 0 unspecified atom stereocenters. The number of halogens is 3. The SMILES string of the molecule is O=c1[nH]cc(N=Cc2ccccc2F)c(=O)[nH]1.[Cl][Pt][Cl]. The van der Waals surface area contributed by atoms with Gasteiger partial charge in [-0.1, -0.05) is 18.2 Å². The fourth-order valence-electron chi connectivity index (χ4n) is 1.22. The Labute approximate surface area is 129 Å². The quantitative estimate of drug-likeness (QED) is 0.623. The van der Waals surface area contributed by atoms with Crippen LogP contribution in [0.3, 0.4) is 0 Å². The van der Waals surface area contributed by atoms with Gasteiger partial charge in [0.2, 0.25) is 0 Å². The number of nitrogens with one attached hydrogen (secondary N) is 2. The van der Waals surface area contributed by atoms with Crippen LogP contribution in [0.1, 0.15) is 5.56 Å². The Bertz CT molecular complexity index is 702. The maximum atomic E-state index is 13.2. The predicted octanol–water partition coefficient (Wildman–Crippen LogP) is 2.33. The van der Waals surface area contributed by atoms with Crippen molar-refractivity contribution in [2.45, 2.75) is 0 Å².